The predicted octanol–water partition coefficient (Wildman–Crippen LogP) is 5.50. The third kappa shape index (κ3) is 4.50. The molecule has 0 bridgehead atoms. The molecule has 7 heteroatoms. The van der Waals surface area contributed by atoms with Crippen molar-refractivity contribution in [1.29, 1.82) is 0 Å². The van der Waals surface area contributed by atoms with Gasteiger partial charge in [-0.15, -0.1) is 0 Å². The molecule has 0 fully saturated rings. The molecular weight excluding hydrogens is 466 g/mol. The number of nitrogens with zero attached hydrogens (tertiary/aromatic N) is 1. The van der Waals surface area contributed by atoms with E-state index < -0.39 is 18.0 Å². The van der Waals surface area contributed by atoms with Crippen molar-refractivity contribution < 1.29 is 23.9 Å². The summed E-state index contributed by atoms with van der Waals surface area (Å²) in [6.45, 7) is 6.04. The van der Waals surface area contributed by atoms with E-state index in [0.29, 0.717) is 17.1 Å². The molecule has 0 radical (unpaired) electrons. The van der Waals surface area contributed by atoms with Gasteiger partial charge >= 0.3 is 11.9 Å². The second-order valence-corrected chi connectivity index (χ2v) is 10.1. The summed E-state index contributed by atoms with van der Waals surface area (Å²) in [6, 6.07) is 14.2. The minimum Gasteiger partial charge on any atom is -0.466 e. The number of carbonyl (C=O) groups excluding carboxylic acids is 3. The Morgan fingerprint density at radius 3 is 2.11 bits per heavy atom. The molecule has 4 rings (SSSR count). The molecule has 2 aromatic carbocycles. The molecule has 0 amide bonds. The van der Waals surface area contributed by atoms with Crippen LogP contribution in [0.1, 0.15) is 43.9 Å². The van der Waals surface area contributed by atoms with Crippen molar-refractivity contribution >= 4 is 35.0 Å². The first-order chi connectivity index (χ1) is 16.6. The number of allylic oxidation sites excluding steroid dienone is 1. The lowest BCUT2D eigenvalue weighted by atomic mass is 9.70. The molecule has 1 aliphatic carbocycles. The fourth-order valence-corrected chi connectivity index (χ4v) is 5.07. The monoisotopic (exact) mass is 493 g/mol. The van der Waals surface area contributed by atoms with E-state index in [1.54, 1.807) is 12.1 Å². The van der Waals surface area contributed by atoms with Gasteiger partial charge in [-0.1, -0.05) is 55.3 Å². The van der Waals surface area contributed by atoms with Gasteiger partial charge in [0, 0.05) is 22.8 Å². The quantitative estimate of drug-likeness (QED) is 0.524. The first-order valence-electron chi connectivity index (χ1n) is 11.4. The Kier molecular flexibility index (Phi) is 6.60. The largest absolute Gasteiger partial charge is 0.466 e. The molecule has 0 saturated heterocycles. The highest BCUT2D eigenvalue weighted by atomic mass is 35.5. The van der Waals surface area contributed by atoms with Crippen LogP contribution in [0.4, 0.5) is 5.69 Å². The minimum absolute atomic E-state index is 0.0295. The Morgan fingerprint density at radius 2 is 1.54 bits per heavy atom. The zero-order valence-corrected chi connectivity index (χ0v) is 21.2. The molecule has 1 atom stereocenters. The average molecular weight is 494 g/mol. The number of ketones is 1. The van der Waals surface area contributed by atoms with Crippen molar-refractivity contribution in [2.24, 2.45) is 5.41 Å². The van der Waals surface area contributed by atoms with E-state index in [1.807, 2.05) is 62.1 Å². The summed E-state index contributed by atoms with van der Waals surface area (Å²) >= 11 is 6.17. The van der Waals surface area contributed by atoms with Gasteiger partial charge in [-0.2, -0.15) is 0 Å². The fourth-order valence-electron chi connectivity index (χ4n) is 4.94. The molecule has 0 aromatic heterocycles. The van der Waals surface area contributed by atoms with Crippen LogP contribution in [-0.2, 0) is 23.9 Å². The van der Waals surface area contributed by atoms with E-state index in [4.69, 9.17) is 21.1 Å². The van der Waals surface area contributed by atoms with Gasteiger partial charge in [-0.05, 0) is 48.6 Å². The van der Waals surface area contributed by atoms with Crippen molar-refractivity contribution in [3.8, 4) is 0 Å². The van der Waals surface area contributed by atoms with Crippen LogP contribution in [0.2, 0.25) is 5.02 Å². The maximum atomic E-state index is 13.6. The predicted molar refractivity (Wildman–Crippen MR) is 134 cm³/mol. The topological polar surface area (TPSA) is 72.9 Å². The van der Waals surface area contributed by atoms with Crippen LogP contribution in [0, 0.1) is 12.3 Å². The Hall–Kier alpha value is -3.38. The Balaban J connectivity index is 2.13. The van der Waals surface area contributed by atoms with Gasteiger partial charge in [0.05, 0.1) is 37.0 Å². The number of halogens is 1. The summed E-state index contributed by atoms with van der Waals surface area (Å²) in [6.07, 6.45) is 0.773. The average Bonchev–Trinajstić information content (AvgIpc) is 2.82. The maximum absolute atomic E-state index is 13.6. The summed E-state index contributed by atoms with van der Waals surface area (Å²) in [7, 11) is 2.50. The number of anilines is 1. The summed E-state index contributed by atoms with van der Waals surface area (Å²) in [4.78, 5) is 42.0. The number of aryl methyl sites for hydroxylation is 1. The van der Waals surface area contributed by atoms with Crippen molar-refractivity contribution in [3.05, 3.63) is 87.1 Å². The summed E-state index contributed by atoms with van der Waals surface area (Å²) in [5.74, 6) is -1.65. The highest BCUT2D eigenvalue weighted by Gasteiger charge is 2.48. The summed E-state index contributed by atoms with van der Waals surface area (Å²) in [5.41, 5.74) is 3.19. The van der Waals surface area contributed by atoms with Crippen molar-refractivity contribution in [2.75, 3.05) is 19.1 Å². The molecule has 2 aliphatic rings. The molecule has 0 saturated carbocycles. The summed E-state index contributed by atoms with van der Waals surface area (Å²) < 4.78 is 10.3. The van der Waals surface area contributed by atoms with Gasteiger partial charge in [0.2, 0.25) is 0 Å². The SMILES string of the molecule is COC(=O)C1=C(C(=O)OC)C(c2ccc(Cl)cc2)N(c2ccc(C)cc2)C2=C1C(=O)CC(C)(C)C2. The number of esters is 2. The number of methoxy groups -OCH3 is 2. The standard InChI is InChI=1S/C28H28ClNO5/c1-16-6-12-19(13-7-16)30-20-14-28(2,3)15-21(31)22(20)23(26(32)34-4)24(27(33)35-5)25(30)17-8-10-18(29)11-9-17/h6-13,25H,14-15H2,1-5H3. The normalized spacial score (nSPS) is 19.4. The number of hydrogen-bond donors (Lipinski definition) is 0. The lowest BCUT2D eigenvalue weighted by molar-refractivity contribution is -0.139. The van der Waals surface area contributed by atoms with E-state index in [2.05, 4.69) is 0 Å². The smallest absolute Gasteiger partial charge is 0.339 e. The number of hydrogen-bond acceptors (Lipinski definition) is 6. The third-order valence-electron chi connectivity index (χ3n) is 6.49. The zero-order chi connectivity index (χ0) is 25.5. The van der Waals surface area contributed by atoms with Gasteiger partial charge in [0.1, 0.15) is 0 Å². The van der Waals surface area contributed by atoms with Crippen LogP contribution in [-0.4, -0.2) is 31.9 Å². The van der Waals surface area contributed by atoms with Crippen LogP contribution >= 0.6 is 11.6 Å². The van der Waals surface area contributed by atoms with E-state index in [1.165, 1.54) is 14.2 Å². The van der Waals surface area contributed by atoms with Crippen LogP contribution < -0.4 is 4.90 Å². The molecule has 0 spiro atoms. The van der Waals surface area contributed by atoms with E-state index in [9.17, 15) is 14.4 Å². The van der Waals surface area contributed by atoms with E-state index in [-0.39, 0.29) is 34.3 Å². The number of rotatable bonds is 4. The Labute approximate surface area is 210 Å². The van der Waals surface area contributed by atoms with Crippen LogP contribution in [0.15, 0.2) is 70.9 Å². The molecule has 6 nitrogen and oxygen atoms in total. The minimum atomic E-state index is -0.742. The van der Waals surface area contributed by atoms with Gasteiger partial charge in [0.25, 0.3) is 0 Å². The van der Waals surface area contributed by atoms with Gasteiger partial charge < -0.3 is 14.4 Å². The third-order valence-corrected chi connectivity index (χ3v) is 6.74. The lowest BCUT2D eigenvalue weighted by Crippen LogP contribution is -2.44. The molecule has 1 heterocycles. The highest BCUT2D eigenvalue weighted by Crippen LogP contribution is 2.51. The summed E-state index contributed by atoms with van der Waals surface area (Å²) in [5, 5.41) is 0.539. The first-order valence-corrected chi connectivity index (χ1v) is 11.7. The van der Waals surface area contributed by atoms with Gasteiger partial charge in [-0.3, -0.25) is 4.79 Å². The molecule has 0 N–H and O–H groups in total. The molecule has 35 heavy (non-hydrogen) atoms. The second kappa shape index (κ2) is 9.34. The highest BCUT2D eigenvalue weighted by molar-refractivity contribution is 6.30. The number of benzene rings is 2. The van der Waals surface area contributed by atoms with Crippen LogP contribution in [0.3, 0.4) is 0 Å². The van der Waals surface area contributed by atoms with E-state index >= 15 is 0 Å². The van der Waals surface area contributed by atoms with Crippen LogP contribution in [0.5, 0.6) is 0 Å². The van der Waals surface area contributed by atoms with Gasteiger partial charge in [0.15, 0.2) is 5.78 Å². The fraction of sp³-hybridized carbons (Fsp3) is 0.321. The molecule has 2 aromatic rings. The number of ether oxygens (including phenoxy) is 2. The molecule has 182 valence electrons. The Bertz CT molecular complexity index is 1260. The van der Waals surface area contributed by atoms with Gasteiger partial charge in [-0.25, -0.2) is 9.59 Å². The maximum Gasteiger partial charge on any atom is 0.339 e. The van der Waals surface area contributed by atoms with Crippen molar-refractivity contribution in [1.82, 2.24) is 0 Å². The lowest BCUT2D eigenvalue weighted by Gasteiger charge is -2.46. The van der Waals surface area contributed by atoms with Crippen molar-refractivity contribution in [3.63, 3.8) is 0 Å². The molecule has 1 unspecified atom stereocenters. The first kappa shape index (κ1) is 24.7. The number of Topliss-reactive ketones (excluding diaryl/α,β-unsaturated/α-hetero) is 1. The number of carbonyl (C=O) groups is 3. The van der Waals surface area contributed by atoms with Crippen molar-refractivity contribution in [2.45, 2.75) is 39.7 Å². The van der Waals surface area contributed by atoms with E-state index in [0.717, 1.165) is 16.8 Å². The zero-order valence-electron chi connectivity index (χ0n) is 20.5. The molecular formula is C28H28ClNO5. The van der Waals surface area contributed by atoms with Crippen LogP contribution in [0.25, 0.3) is 0 Å². The second-order valence-electron chi connectivity index (χ2n) is 9.69. The Morgan fingerprint density at radius 1 is 0.943 bits per heavy atom. The molecule has 1 aliphatic heterocycles.